The number of hydrogen-bond acceptors (Lipinski definition) is 3. The summed E-state index contributed by atoms with van der Waals surface area (Å²) in [7, 11) is 0. The molecule has 0 amide bonds. The molecule has 2 rings (SSSR count). The highest BCUT2D eigenvalue weighted by Crippen LogP contribution is 2.25. The summed E-state index contributed by atoms with van der Waals surface area (Å²) in [6, 6.07) is 2.01. The van der Waals surface area contributed by atoms with Crippen LogP contribution in [0.15, 0.2) is 23.0 Å². The van der Waals surface area contributed by atoms with Gasteiger partial charge < -0.3 is 9.73 Å². The van der Waals surface area contributed by atoms with E-state index in [2.05, 4.69) is 17.1 Å². The molecule has 1 atom stereocenters. The molecular formula is C10H15NOS. The Balaban J connectivity index is 1.63. The number of furan rings is 1. The van der Waals surface area contributed by atoms with Crippen LogP contribution in [0.3, 0.4) is 0 Å². The molecule has 1 fully saturated rings. The van der Waals surface area contributed by atoms with Gasteiger partial charge in [-0.15, -0.1) is 0 Å². The van der Waals surface area contributed by atoms with Crippen LogP contribution >= 0.6 is 11.8 Å². The highest BCUT2D eigenvalue weighted by atomic mass is 32.2. The maximum absolute atomic E-state index is 4.99. The molecule has 1 aromatic heterocycles. The largest absolute Gasteiger partial charge is 0.472 e. The first-order chi connectivity index (χ1) is 6.45. The van der Waals surface area contributed by atoms with Crippen molar-refractivity contribution in [3.05, 3.63) is 24.2 Å². The van der Waals surface area contributed by atoms with E-state index in [0.717, 1.165) is 18.3 Å². The fraction of sp³-hybridized carbons (Fsp3) is 0.600. The normalized spacial score (nSPS) is 22.3. The Hall–Kier alpha value is -0.410. The summed E-state index contributed by atoms with van der Waals surface area (Å²) in [5.41, 5.74) is 1.24. The maximum Gasteiger partial charge on any atom is 0.0947 e. The molecule has 2 heterocycles. The van der Waals surface area contributed by atoms with E-state index in [9.17, 15) is 0 Å². The molecule has 1 unspecified atom stereocenters. The van der Waals surface area contributed by atoms with E-state index in [1.807, 2.05) is 6.07 Å². The van der Waals surface area contributed by atoms with Gasteiger partial charge in [0.05, 0.1) is 12.5 Å². The van der Waals surface area contributed by atoms with Crippen LogP contribution in [0.1, 0.15) is 18.4 Å². The van der Waals surface area contributed by atoms with Crippen LogP contribution in [0.2, 0.25) is 0 Å². The molecule has 0 saturated carbocycles. The van der Waals surface area contributed by atoms with Crippen molar-refractivity contribution in [2.75, 3.05) is 12.3 Å². The minimum Gasteiger partial charge on any atom is -0.472 e. The molecule has 1 N–H and O–H groups in total. The van der Waals surface area contributed by atoms with Crippen LogP contribution in [0.4, 0.5) is 0 Å². The summed E-state index contributed by atoms with van der Waals surface area (Å²) in [6.07, 6.45) is 6.29. The van der Waals surface area contributed by atoms with Crippen molar-refractivity contribution >= 4 is 11.8 Å². The Labute approximate surface area is 83.1 Å². The average molecular weight is 197 g/mol. The molecule has 1 aromatic rings. The fourth-order valence-electron chi connectivity index (χ4n) is 1.58. The molecular weight excluding hydrogens is 182 g/mol. The van der Waals surface area contributed by atoms with Gasteiger partial charge in [-0.1, -0.05) is 0 Å². The summed E-state index contributed by atoms with van der Waals surface area (Å²) < 4.78 is 4.99. The molecule has 0 bridgehead atoms. The zero-order valence-corrected chi connectivity index (χ0v) is 8.48. The van der Waals surface area contributed by atoms with Gasteiger partial charge in [-0.05, 0) is 24.7 Å². The molecule has 0 aromatic carbocycles. The van der Waals surface area contributed by atoms with Gasteiger partial charge in [-0.25, -0.2) is 0 Å². The number of nitrogens with one attached hydrogen (secondary N) is 1. The smallest absolute Gasteiger partial charge is 0.0947 e. The van der Waals surface area contributed by atoms with Crippen molar-refractivity contribution < 1.29 is 4.42 Å². The molecule has 0 radical (unpaired) electrons. The maximum atomic E-state index is 4.99. The second kappa shape index (κ2) is 4.72. The summed E-state index contributed by atoms with van der Waals surface area (Å²) >= 11 is 2.09. The van der Waals surface area contributed by atoms with E-state index in [4.69, 9.17) is 4.42 Å². The topological polar surface area (TPSA) is 25.2 Å². The van der Waals surface area contributed by atoms with Crippen LogP contribution in [0.25, 0.3) is 0 Å². The first kappa shape index (κ1) is 9.16. The first-order valence-corrected chi connectivity index (χ1v) is 5.83. The van der Waals surface area contributed by atoms with Gasteiger partial charge >= 0.3 is 0 Å². The minimum absolute atomic E-state index is 0.840. The summed E-state index contributed by atoms with van der Waals surface area (Å²) in [4.78, 5) is 0. The highest BCUT2D eigenvalue weighted by molar-refractivity contribution is 8.00. The number of hydrogen-bond donors (Lipinski definition) is 1. The lowest BCUT2D eigenvalue weighted by Gasteiger charge is -2.08. The van der Waals surface area contributed by atoms with Crippen molar-refractivity contribution in [2.45, 2.75) is 24.6 Å². The average Bonchev–Trinajstić information content (AvgIpc) is 2.75. The Kier molecular flexibility index (Phi) is 3.33. The summed E-state index contributed by atoms with van der Waals surface area (Å²) in [5.74, 6) is 1.35. The van der Waals surface area contributed by atoms with Crippen LogP contribution in [0, 0.1) is 0 Å². The van der Waals surface area contributed by atoms with E-state index >= 15 is 0 Å². The van der Waals surface area contributed by atoms with Crippen LogP contribution in [0.5, 0.6) is 0 Å². The predicted octanol–water partition coefficient (Wildman–Crippen LogP) is 2.26. The third kappa shape index (κ3) is 2.78. The highest BCUT2D eigenvalue weighted by Gasteiger charge is 2.14. The van der Waals surface area contributed by atoms with E-state index < -0.39 is 0 Å². The number of thioether (sulfide) groups is 1. The lowest BCUT2D eigenvalue weighted by atomic mass is 10.2. The van der Waals surface area contributed by atoms with Gasteiger partial charge in [0, 0.05) is 23.9 Å². The van der Waals surface area contributed by atoms with Crippen LogP contribution < -0.4 is 5.32 Å². The predicted molar refractivity (Wildman–Crippen MR) is 55.9 cm³/mol. The molecule has 1 aliphatic rings. The zero-order valence-electron chi connectivity index (χ0n) is 7.66. The summed E-state index contributed by atoms with van der Waals surface area (Å²) in [5, 5.41) is 4.29. The lowest BCUT2D eigenvalue weighted by Crippen LogP contribution is -2.22. The van der Waals surface area contributed by atoms with Gasteiger partial charge in [-0.3, -0.25) is 0 Å². The van der Waals surface area contributed by atoms with E-state index in [1.54, 1.807) is 12.5 Å². The standard InChI is InChI=1S/C10H15NOS/c1-2-10(13-5-1)7-11-6-9-3-4-12-8-9/h3-4,8,10-11H,1-2,5-7H2. The zero-order chi connectivity index (χ0) is 8.93. The van der Waals surface area contributed by atoms with Crippen molar-refractivity contribution in [3.8, 4) is 0 Å². The summed E-state index contributed by atoms with van der Waals surface area (Å²) in [6.45, 7) is 2.07. The Morgan fingerprint density at radius 3 is 3.31 bits per heavy atom. The molecule has 0 spiro atoms. The van der Waals surface area contributed by atoms with Gasteiger partial charge in [0.15, 0.2) is 0 Å². The minimum atomic E-state index is 0.840. The van der Waals surface area contributed by atoms with E-state index in [1.165, 1.54) is 24.2 Å². The molecule has 13 heavy (non-hydrogen) atoms. The molecule has 1 saturated heterocycles. The Morgan fingerprint density at radius 2 is 2.62 bits per heavy atom. The lowest BCUT2D eigenvalue weighted by molar-refractivity contribution is 0.559. The van der Waals surface area contributed by atoms with Crippen molar-refractivity contribution in [1.29, 1.82) is 0 Å². The second-order valence-corrected chi connectivity index (χ2v) is 4.81. The molecule has 2 nitrogen and oxygen atoms in total. The van der Waals surface area contributed by atoms with Gasteiger partial charge in [0.1, 0.15) is 0 Å². The molecule has 1 aliphatic heterocycles. The van der Waals surface area contributed by atoms with Crippen molar-refractivity contribution in [3.63, 3.8) is 0 Å². The SMILES string of the molecule is c1cc(CNCC2CCCS2)co1. The third-order valence-corrected chi connectivity index (χ3v) is 3.70. The molecule has 72 valence electrons. The number of rotatable bonds is 4. The van der Waals surface area contributed by atoms with Crippen LogP contribution in [-0.2, 0) is 6.54 Å². The van der Waals surface area contributed by atoms with Crippen molar-refractivity contribution in [2.24, 2.45) is 0 Å². The third-order valence-electron chi connectivity index (χ3n) is 2.31. The van der Waals surface area contributed by atoms with Crippen LogP contribution in [-0.4, -0.2) is 17.5 Å². The van der Waals surface area contributed by atoms with Gasteiger partial charge in [0.25, 0.3) is 0 Å². The van der Waals surface area contributed by atoms with Gasteiger partial charge in [0.2, 0.25) is 0 Å². The Morgan fingerprint density at radius 1 is 1.62 bits per heavy atom. The second-order valence-electron chi connectivity index (χ2n) is 3.40. The van der Waals surface area contributed by atoms with E-state index in [0.29, 0.717) is 0 Å². The van der Waals surface area contributed by atoms with Crippen molar-refractivity contribution in [1.82, 2.24) is 5.32 Å². The molecule has 0 aliphatic carbocycles. The Bertz CT molecular complexity index is 229. The fourth-order valence-corrected chi connectivity index (χ4v) is 2.81. The first-order valence-electron chi connectivity index (χ1n) is 4.78. The molecule has 3 heteroatoms. The monoisotopic (exact) mass is 197 g/mol. The van der Waals surface area contributed by atoms with E-state index in [-0.39, 0.29) is 0 Å². The quantitative estimate of drug-likeness (QED) is 0.801. The van der Waals surface area contributed by atoms with Gasteiger partial charge in [-0.2, -0.15) is 11.8 Å².